The van der Waals surface area contributed by atoms with Crippen molar-refractivity contribution in [3.8, 4) is 16.9 Å². The molecule has 0 radical (unpaired) electrons. The molecule has 0 fully saturated rings. The van der Waals surface area contributed by atoms with Crippen LogP contribution in [0.3, 0.4) is 0 Å². The molecule has 0 saturated heterocycles. The minimum Gasteiger partial charge on any atom is -0.497 e. The van der Waals surface area contributed by atoms with E-state index in [0.29, 0.717) is 17.1 Å². The van der Waals surface area contributed by atoms with Crippen molar-refractivity contribution in [1.29, 1.82) is 0 Å². The summed E-state index contributed by atoms with van der Waals surface area (Å²) < 4.78 is 44.7. The number of hydrogen-bond acceptors (Lipinski definition) is 5. The van der Waals surface area contributed by atoms with Gasteiger partial charge in [0.05, 0.1) is 24.6 Å². The number of aromatic nitrogens is 4. The topological polar surface area (TPSA) is 81.4 Å². The molecule has 2 heterocycles. The third kappa shape index (κ3) is 3.91. The normalized spacial score (nSPS) is 11.5. The van der Waals surface area contributed by atoms with E-state index in [1.165, 1.54) is 16.6 Å². The molecule has 7 nitrogen and oxygen atoms in total. The lowest BCUT2D eigenvalue weighted by molar-refractivity contribution is -0.137. The molecule has 0 spiro atoms. The molecule has 0 unspecified atom stereocenters. The highest BCUT2D eigenvalue weighted by molar-refractivity contribution is 6.03. The van der Waals surface area contributed by atoms with Crippen LogP contribution in [0.5, 0.6) is 5.75 Å². The lowest BCUT2D eigenvalue weighted by Gasteiger charge is -2.10. The van der Waals surface area contributed by atoms with Gasteiger partial charge < -0.3 is 10.1 Å². The van der Waals surface area contributed by atoms with Gasteiger partial charge in [0.25, 0.3) is 5.91 Å². The fourth-order valence-electron chi connectivity index (χ4n) is 3.07. The van der Waals surface area contributed by atoms with Gasteiger partial charge in [-0.1, -0.05) is 12.1 Å². The minimum atomic E-state index is -4.45. The second-order valence-electron chi connectivity index (χ2n) is 6.69. The number of anilines is 1. The van der Waals surface area contributed by atoms with Crippen LogP contribution >= 0.6 is 0 Å². The standard InChI is InChI=1S/C21H16F3N5O2/c1-12-18(20(30)26-15-7-5-14(6-8-15)21(22,23)24)27-28-19-17(11-25-29(12)19)13-3-9-16(31-2)10-4-13/h3-11H,1-2H3,(H,26,30). The molecular formula is C21H16F3N5O2. The van der Waals surface area contributed by atoms with Crippen molar-refractivity contribution in [2.45, 2.75) is 13.1 Å². The second-order valence-corrected chi connectivity index (χ2v) is 6.69. The number of ether oxygens (including phenoxy) is 1. The van der Waals surface area contributed by atoms with Gasteiger partial charge in [-0.3, -0.25) is 4.79 Å². The van der Waals surface area contributed by atoms with Gasteiger partial charge in [-0.15, -0.1) is 10.2 Å². The van der Waals surface area contributed by atoms with Crippen molar-refractivity contribution >= 4 is 17.2 Å². The zero-order valence-electron chi connectivity index (χ0n) is 16.4. The highest BCUT2D eigenvalue weighted by atomic mass is 19.4. The first-order valence-corrected chi connectivity index (χ1v) is 9.12. The van der Waals surface area contributed by atoms with Gasteiger partial charge in [0, 0.05) is 11.3 Å². The fourth-order valence-corrected chi connectivity index (χ4v) is 3.07. The fraction of sp³-hybridized carbons (Fsp3) is 0.143. The molecule has 4 aromatic rings. The Bertz CT molecular complexity index is 1250. The zero-order valence-corrected chi connectivity index (χ0v) is 16.4. The number of carbonyl (C=O) groups excluding carboxylic acids is 1. The van der Waals surface area contributed by atoms with E-state index >= 15 is 0 Å². The number of rotatable bonds is 4. The van der Waals surface area contributed by atoms with Crippen LogP contribution < -0.4 is 10.1 Å². The van der Waals surface area contributed by atoms with Crippen LogP contribution in [0.15, 0.2) is 54.7 Å². The summed E-state index contributed by atoms with van der Waals surface area (Å²) in [5, 5.41) is 15.0. The van der Waals surface area contributed by atoms with Crippen molar-refractivity contribution in [1.82, 2.24) is 19.8 Å². The van der Waals surface area contributed by atoms with Crippen LogP contribution in [0.2, 0.25) is 0 Å². The third-order valence-corrected chi connectivity index (χ3v) is 4.74. The third-order valence-electron chi connectivity index (χ3n) is 4.74. The van der Waals surface area contributed by atoms with Gasteiger partial charge in [-0.25, -0.2) is 4.52 Å². The molecule has 0 saturated carbocycles. The number of nitrogens with zero attached hydrogens (tertiary/aromatic N) is 4. The summed E-state index contributed by atoms with van der Waals surface area (Å²) >= 11 is 0. The van der Waals surface area contributed by atoms with E-state index in [1.54, 1.807) is 20.2 Å². The molecule has 1 N–H and O–H groups in total. The summed E-state index contributed by atoms with van der Waals surface area (Å²) in [6.07, 6.45) is -2.83. The summed E-state index contributed by atoms with van der Waals surface area (Å²) in [5.41, 5.74) is 1.91. The van der Waals surface area contributed by atoms with Gasteiger partial charge in [-0.2, -0.15) is 18.3 Å². The number of alkyl halides is 3. The molecular weight excluding hydrogens is 411 g/mol. The van der Waals surface area contributed by atoms with Crippen LogP contribution in [0.4, 0.5) is 18.9 Å². The van der Waals surface area contributed by atoms with Crippen molar-refractivity contribution in [2.24, 2.45) is 0 Å². The maximum atomic E-state index is 12.7. The predicted molar refractivity (Wildman–Crippen MR) is 107 cm³/mol. The van der Waals surface area contributed by atoms with Gasteiger partial charge in [0.2, 0.25) is 0 Å². The summed E-state index contributed by atoms with van der Waals surface area (Å²) in [7, 11) is 1.58. The summed E-state index contributed by atoms with van der Waals surface area (Å²) in [6.45, 7) is 1.66. The van der Waals surface area contributed by atoms with E-state index < -0.39 is 17.6 Å². The number of hydrogen-bond donors (Lipinski definition) is 1. The number of fused-ring (bicyclic) bond motifs is 1. The molecule has 2 aromatic heterocycles. The monoisotopic (exact) mass is 427 g/mol. The molecule has 2 aromatic carbocycles. The Balaban J connectivity index is 1.61. The first-order valence-electron chi connectivity index (χ1n) is 9.12. The largest absolute Gasteiger partial charge is 0.497 e. The van der Waals surface area contributed by atoms with Crippen molar-refractivity contribution in [3.05, 3.63) is 71.7 Å². The predicted octanol–water partition coefficient (Wildman–Crippen LogP) is 4.38. The van der Waals surface area contributed by atoms with Crippen molar-refractivity contribution in [3.63, 3.8) is 0 Å². The lowest BCUT2D eigenvalue weighted by atomic mass is 10.1. The average molecular weight is 427 g/mol. The Morgan fingerprint density at radius 2 is 1.71 bits per heavy atom. The van der Waals surface area contributed by atoms with E-state index in [2.05, 4.69) is 20.6 Å². The number of aryl methyl sites for hydroxylation is 1. The molecule has 1 amide bonds. The number of carbonyl (C=O) groups is 1. The van der Waals surface area contributed by atoms with Gasteiger partial charge >= 0.3 is 6.18 Å². The van der Waals surface area contributed by atoms with Crippen LogP contribution in [0.25, 0.3) is 16.8 Å². The first-order chi connectivity index (χ1) is 14.8. The van der Waals surface area contributed by atoms with Crippen molar-refractivity contribution < 1.29 is 22.7 Å². The Morgan fingerprint density at radius 1 is 1.03 bits per heavy atom. The Morgan fingerprint density at radius 3 is 2.32 bits per heavy atom. The lowest BCUT2D eigenvalue weighted by Crippen LogP contribution is -2.18. The molecule has 0 aliphatic rings. The van der Waals surface area contributed by atoms with Crippen LogP contribution in [0.1, 0.15) is 21.7 Å². The summed E-state index contributed by atoms with van der Waals surface area (Å²) in [4.78, 5) is 12.6. The SMILES string of the molecule is COc1ccc(-c2cnn3c(C)c(C(=O)Nc4ccc(C(F)(F)F)cc4)nnc23)cc1. The molecule has 0 aliphatic carbocycles. The Labute approximate surface area is 174 Å². The molecule has 10 heteroatoms. The Hall–Kier alpha value is -3.95. The zero-order chi connectivity index (χ0) is 22.2. The molecule has 4 rings (SSSR count). The van der Waals surface area contributed by atoms with E-state index in [0.717, 1.165) is 23.3 Å². The molecule has 0 bridgehead atoms. The van der Waals surface area contributed by atoms with E-state index in [-0.39, 0.29) is 11.4 Å². The Kier molecular flexibility index (Phi) is 5.05. The van der Waals surface area contributed by atoms with Crippen LogP contribution in [-0.2, 0) is 6.18 Å². The van der Waals surface area contributed by atoms with E-state index in [9.17, 15) is 18.0 Å². The molecule has 31 heavy (non-hydrogen) atoms. The van der Waals surface area contributed by atoms with Crippen LogP contribution in [0, 0.1) is 6.92 Å². The highest BCUT2D eigenvalue weighted by Crippen LogP contribution is 2.30. The maximum Gasteiger partial charge on any atom is 0.416 e. The summed E-state index contributed by atoms with van der Waals surface area (Å²) in [6, 6.07) is 11.5. The average Bonchev–Trinajstić information content (AvgIpc) is 3.19. The number of methoxy groups -OCH3 is 1. The quantitative estimate of drug-likeness (QED) is 0.523. The molecule has 158 valence electrons. The number of benzene rings is 2. The second kappa shape index (κ2) is 7.71. The number of halogens is 3. The van der Waals surface area contributed by atoms with Gasteiger partial charge in [-0.05, 0) is 48.9 Å². The molecule has 0 aliphatic heterocycles. The van der Waals surface area contributed by atoms with Gasteiger partial charge in [0.1, 0.15) is 5.75 Å². The highest BCUT2D eigenvalue weighted by Gasteiger charge is 2.30. The minimum absolute atomic E-state index is 0.0109. The first kappa shape index (κ1) is 20.3. The van der Waals surface area contributed by atoms with E-state index in [1.807, 2.05) is 24.3 Å². The molecule has 0 atom stereocenters. The number of nitrogens with one attached hydrogen (secondary N) is 1. The van der Waals surface area contributed by atoms with Crippen LogP contribution in [-0.4, -0.2) is 32.8 Å². The summed E-state index contributed by atoms with van der Waals surface area (Å²) in [5.74, 6) is 0.109. The number of amides is 1. The maximum absolute atomic E-state index is 12.7. The van der Waals surface area contributed by atoms with Crippen molar-refractivity contribution in [2.75, 3.05) is 12.4 Å². The van der Waals surface area contributed by atoms with E-state index in [4.69, 9.17) is 4.74 Å². The smallest absolute Gasteiger partial charge is 0.416 e. The van der Waals surface area contributed by atoms with Gasteiger partial charge in [0.15, 0.2) is 11.3 Å².